The number of carbonyl (C=O) groups excluding carboxylic acids is 1. The van der Waals surface area contributed by atoms with Gasteiger partial charge in [-0.05, 0) is 50.1 Å². The largest absolute Gasteiger partial charge is 0.495 e. The molecule has 0 radical (unpaired) electrons. The van der Waals surface area contributed by atoms with Crippen LogP contribution < -0.4 is 15.4 Å². The number of ketones is 1. The minimum Gasteiger partial charge on any atom is -0.495 e. The zero-order chi connectivity index (χ0) is 27.4. The maximum atomic E-state index is 12.8. The van der Waals surface area contributed by atoms with Gasteiger partial charge in [0.25, 0.3) is 0 Å². The summed E-state index contributed by atoms with van der Waals surface area (Å²) in [5.74, 6) is -1.28. The Balaban J connectivity index is 1.88. The maximum Gasteiger partial charge on any atom is 0.449 e. The number of hydrogen-bond acceptors (Lipinski definition) is 8. The molecule has 1 aromatic heterocycles. The number of alkyl halides is 3. The second-order valence-electron chi connectivity index (χ2n) is 8.19. The van der Waals surface area contributed by atoms with E-state index in [0.717, 1.165) is 0 Å². The number of nitrogens with zero attached hydrogens (tertiary/aromatic N) is 2. The van der Waals surface area contributed by atoms with Crippen LogP contribution in [0.1, 0.15) is 25.8 Å². The Morgan fingerprint density at radius 3 is 2.46 bits per heavy atom. The molecule has 2 N–H and O–H groups in total. The number of halogens is 4. The first-order valence-electron chi connectivity index (χ1n) is 11.0. The number of rotatable bonds is 10. The van der Waals surface area contributed by atoms with Crippen molar-refractivity contribution in [1.29, 1.82) is 0 Å². The van der Waals surface area contributed by atoms with Crippen molar-refractivity contribution in [1.82, 2.24) is 9.97 Å². The molecule has 37 heavy (non-hydrogen) atoms. The van der Waals surface area contributed by atoms with Crippen LogP contribution >= 0.6 is 11.6 Å². The fourth-order valence-corrected chi connectivity index (χ4v) is 4.58. The predicted octanol–water partition coefficient (Wildman–Crippen LogP) is 5.87. The van der Waals surface area contributed by atoms with Gasteiger partial charge in [0, 0.05) is 6.42 Å². The quantitative estimate of drug-likeness (QED) is 0.319. The van der Waals surface area contributed by atoms with Gasteiger partial charge < -0.3 is 15.4 Å². The van der Waals surface area contributed by atoms with Crippen molar-refractivity contribution in [3.63, 3.8) is 0 Å². The van der Waals surface area contributed by atoms with E-state index in [9.17, 15) is 26.4 Å². The molecule has 0 spiro atoms. The fraction of sp³-hybridized carbons (Fsp3) is 0.292. The van der Waals surface area contributed by atoms with Crippen molar-refractivity contribution in [2.75, 3.05) is 17.7 Å². The van der Waals surface area contributed by atoms with Crippen molar-refractivity contribution in [2.24, 2.45) is 0 Å². The lowest BCUT2D eigenvalue weighted by molar-refractivity contribution is -0.171. The molecule has 0 saturated carbocycles. The number of methoxy groups -OCH3 is 1. The van der Waals surface area contributed by atoms with Crippen molar-refractivity contribution < 1.29 is 31.1 Å². The third kappa shape index (κ3) is 6.89. The summed E-state index contributed by atoms with van der Waals surface area (Å²) in [6.07, 6.45) is -4.41. The Bertz CT molecular complexity index is 1400. The van der Waals surface area contributed by atoms with Crippen molar-refractivity contribution in [2.45, 2.75) is 43.0 Å². The van der Waals surface area contributed by atoms with E-state index in [1.165, 1.54) is 31.5 Å². The van der Waals surface area contributed by atoms with Crippen LogP contribution in [-0.4, -0.2) is 42.7 Å². The molecule has 0 aliphatic rings. The van der Waals surface area contributed by atoms with Crippen LogP contribution in [0.4, 0.5) is 36.3 Å². The second kappa shape index (κ2) is 11.3. The lowest BCUT2D eigenvalue weighted by Gasteiger charge is -2.16. The summed E-state index contributed by atoms with van der Waals surface area (Å²) in [5, 5.41) is 5.33. The van der Waals surface area contributed by atoms with Crippen molar-refractivity contribution in [3.05, 3.63) is 59.2 Å². The number of anilines is 4. The van der Waals surface area contributed by atoms with Crippen molar-refractivity contribution >= 4 is 50.4 Å². The van der Waals surface area contributed by atoms with Gasteiger partial charge in [-0.15, -0.1) is 0 Å². The molecule has 0 atom stereocenters. The van der Waals surface area contributed by atoms with Crippen LogP contribution in [0.5, 0.6) is 5.75 Å². The van der Waals surface area contributed by atoms with Crippen LogP contribution in [0.15, 0.2) is 53.6 Å². The topological polar surface area (TPSA) is 110 Å². The first-order valence-corrected chi connectivity index (χ1v) is 12.9. The molecule has 198 valence electrons. The molecule has 0 amide bonds. The molecule has 13 heteroatoms. The summed E-state index contributed by atoms with van der Waals surface area (Å²) in [7, 11) is -2.20. The molecule has 0 saturated heterocycles. The Morgan fingerprint density at radius 1 is 1.11 bits per heavy atom. The molecule has 0 aliphatic carbocycles. The van der Waals surface area contributed by atoms with Gasteiger partial charge in [-0.2, -0.15) is 18.2 Å². The van der Waals surface area contributed by atoms with E-state index in [0.29, 0.717) is 17.0 Å². The summed E-state index contributed by atoms with van der Waals surface area (Å²) in [6, 6.07) is 10.9. The molecule has 2 aromatic carbocycles. The van der Waals surface area contributed by atoms with Gasteiger partial charge in [-0.1, -0.05) is 29.8 Å². The predicted molar refractivity (Wildman–Crippen MR) is 135 cm³/mol. The molecule has 0 fully saturated rings. The van der Waals surface area contributed by atoms with E-state index in [1.54, 1.807) is 38.1 Å². The van der Waals surface area contributed by atoms with E-state index >= 15 is 0 Å². The fourth-order valence-electron chi connectivity index (χ4n) is 3.24. The SMILES string of the molecule is COc1ccc(CCC(=O)C(F)(F)F)cc1Nc1ncc(Cl)c(Nc2ccccc2S(=O)(=O)C(C)C)n1. The number of aromatic nitrogens is 2. The number of ether oxygens (including phenoxy) is 1. The first-order chi connectivity index (χ1) is 17.3. The smallest absolute Gasteiger partial charge is 0.449 e. The van der Waals surface area contributed by atoms with Gasteiger partial charge >= 0.3 is 6.18 Å². The van der Waals surface area contributed by atoms with E-state index in [-0.39, 0.29) is 33.8 Å². The molecule has 0 aliphatic heterocycles. The number of aryl methyl sites for hydroxylation is 1. The average Bonchev–Trinajstić information content (AvgIpc) is 2.84. The van der Waals surface area contributed by atoms with Crippen LogP contribution in [0.3, 0.4) is 0 Å². The third-order valence-corrected chi connectivity index (χ3v) is 7.77. The number of sulfone groups is 1. The van der Waals surface area contributed by atoms with E-state index < -0.39 is 33.5 Å². The van der Waals surface area contributed by atoms with Crippen LogP contribution in [0, 0.1) is 0 Å². The summed E-state index contributed by atoms with van der Waals surface area (Å²) in [4.78, 5) is 19.8. The van der Waals surface area contributed by atoms with E-state index in [1.807, 2.05) is 0 Å². The highest BCUT2D eigenvalue weighted by Gasteiger charge is 2.37. The molecule has 8 nitrogen and oxygen atoms in total. The first kappa shape index (κ1) is 28.2. The summed E-state index contributed by atoms with van der Waals surface area (Å²) in [5.41, 5.74) is 1.08. The Labute approximate surface area is 217 Å². The van der Waals surface area contributed by atoms with Crippen LogP contribution in [0.25, 0.3) is 0 Å². The maximum absolute atomic E-state index is 12.8. The monoisotopic (exact) mass is 556 g/mol. The van der Waals surface area contributed by atoms with Gasteiger partial charge in [0.05, 0.1) is 34.8 Å². The summed E-state index contributed by atoms with van der Waals surface area (Å²) >= 11 is 6.26. The molecule has 0 unspecified atom stereocenters. The zero-order valence-corrected chi connectivity index (χ0v) is 21.6. The van der Waals surface area contributed by atoms with E-state index in [2.05, 4.69) is 20.6 Å². The van der Waals surface area contributed by atoms with Gasteiger partial charge in [-0.3, -0.25) is 4.79 Å². The lowest BCUT2D eigenvalue weighted by atomic mass is 10.1. The highest BCUT2D eigenvalue weighted by molar-refractivity contribution is 7.92. The number of para-hydroxylation sites is 1. The number of Topliss-reactive ketones (excluding diaryl/α,β-unsaturated/α-hetero) is 1. The molecule has 3 aromatic rings. The Kier molecular flexibility index (Phi) is 8.64. The van der Waals surface area contributed by atoms with Gasteiger partial charge in [-0.25, -0.2) is 13.4 Å². The number of nitrogens with one attached hydrogen (secondary N) is 2. The number of hydrogen-bond donors (Lipinski definition) is 2. The highest BCUT2D eigenvalue weighted by Crippen LogP contribution is 2.32. The zero-order valence-electron chi connectivity index (χ0n) is 20.1. The number of carbonyl (C=O) groups is 1. The third-order valence-electron chi connectivity index (χ3n) is 5.28. The number of benzene rings is 2. The minimum absolute atomic E-state index is 0.0536. The standard InChI is InChI=1S/C24H24ClF3N4O4S/c1-14(2)37(34,35)20-7-5-4-6-17(20)30-22-16(25)13-29-23(32-22)31-18-12-15(8-10-19(18)36-3)9-11-21(33)24(26,27)28/h4-8,10,12-14H,9,11H2,1-3H3,(H2,29,30,31,32). The van der Waals surface area contributed by atoms with Crippen molar-refractivity contribution in [3.8, 4) is 5.75 Å². The Hall–Kier alpha value is -3.38. The van der Waals surface area contributed by atoms with E-state index in [4.69, 9.17) is 16.3 Å². The lowest BCUT2D eigenvalue weighted by Crippen LogP contribution is -2.22. The average molecular weight is 557 g/mol. The van der Waals surface area contributed by atoms with Gasteiger partial charge in [0.15, 0.2) is 15.7 Å². The molecule has 0 bridgehead atoms. The summed E-state index contributed by atoms with van der Waals surface area (Å²) < 4.78 is 68.5. The Morgan fingerprint density at radius 2 is 1.81 bits per heavy atom. The molecule has 3 rings (SSSR count). The van der Waals surface area contributed by atoms with Crippen LogP contribution in [-0.2, 0) is 21.1 Å². The molecular weight excluding hydrogens is 533 g/mol. The van der Waals surface area contributed by atoms with Crippen LogP contribution in [0.2, 0.25) is 5.02 Å². The molecular formula is C24H24ClF3N4O4S. The minimum atomic E-state index is -4.89. The normalized spacial score (nSPS) is 11.9. The molecule has 1 heterocycles. The van der Waals surface area contributed by atoms with Gasteiger partial charge in [0.2, 0.25) is 11.7 Å². The highest BCUT2D eigenvalue weighted by atomic mass is 35.5. The second-order valence-corrected chi connectivity index (χ2v) is 11.1. The summed E-state index contributed by atoms with van der Waals surface area (Å²) in [6.45, 7) is 3.15. The van der Waals surface area contributed by atoms with Gasteiger partial charge in [0.1, 0.15) is 10.8 Å².